The fourth-order valence-electron chi connectivity index (χ4n) is 2.27. The van der Waals surface area contributed by atoms with Gasteiger partial charge in [-0.2, -0.15) is 0 Å². The molecule has 0 radical (unpaired) electrons. The Morgan fingerprint density at radius 2 is 2.25 bits per heavy atom. The van der Waals surface area contributed by atoms with Crippen molar-refractivity contribution in [1.82, 2.24) is 14.9 Å². The fraction of sp³-hybridized carbons (Fsp3) is 0.400. The lowest BCUT2D eigenvalue weighted by Gasteiger charge is -2.19. The highest BCUT2D eigenvalue weighted by Crippen LogP contribution is 2.27. The first-order valence-corrected chi connectivity index (χ1v) is 7.93. The molecule has 1 unspecified atom stereocenters. The minimum Gasteiger partial charge on any atom is -0.338 e. The van der Waals surface area contributed by atoms with Crippen molar-refractivity contribution in [1.29, 1.82) is 0 Å². The number of hydrogen-bond acceptors (Lipinski definition) is 2. The maximum Gasteiger partial charge on any atom is 0.108 e. The normalized spacial score (nSPS) is 12.6. The topological polar surface area (TPSA) is 29.9 Å². The van der Waals surface area contributed by atoms with Crippen LogP contribution in [0.25, 0.3) is 0 Å². The summed E-state index contributed by atoms with van der Waals surface area (Å²) >= 11 is 9.55. The second-order valence-corrected chi connectivity index (χ2v) is 6.04. The van der Waals surface area contributed by atoms with Crippen LogP contribution in [-0.2, 0) is 13.5 Å². The largest absolute Gasteiger partial charge is 0.338 e. The SMILES string of the molecule is CCNC(CCc1nccn1C)c1ccc(Cl)c(Br)c1. The summed E-state index contributed by atoms with van der Waals surface area (Å²) in [4.78, 5) is 4.38. The molecule has 5 heteroatoms. The third-order valence-electron chi connectivity index (χ3n) is 3.37. The zero-order chi connectivity index (χ0) is 14.5. The number of aromatic nitrogens is 2. The van der Waals surface area contributed by atoms with Gasteiger partial charge in [-0.3, -0.25) is 0 Å². The molecule has 2 rings (SSSR count). The molecule has 0 aliphatic heterocycles. The van der Waals surface area contributed by atoms with Crippen LogP contribution in [-0.4, -0.2) is 16.1 Å². The second-order valence-electron chi connectivity index (χ2n) is 4.78. The Kier molecular flexibility index (Phi) is 5.64. The van der Waals surface area contributed by atoms with E-state index in [1.807, 2.05) is 25.5 Å². The van der Waals surface area contributed by atoms with E-state index in [2.05, 4.69) is 49.9 Å². The number of benzene rings is 1. The van der Waals surface area contributed by atoms with Crippen molar-refractivity contribution in [2.75, 3.05) is 6.54 Å². The molecule has 1 heterocycles. The maximum absolute atomic E-state index is 6.06. The van der Waals surface area contributed by atoms with Gasteiger partial charge in [0.2, 0.25) is 0 Å². The molecule has 0 fully saturated rings. The Hall–Kier alpha value is -0.840. The van der Waals surface area contributed by atoms with E-state index in [1.165, 1.54) is 5.56 Å². The van der Waals surface area contributed by atoms with Crippen molar-refractivity contribution >= 4 is 27.5 Å². The van der Waals surface area contributed by atoms with Gasteiger partial charge in [0.15, 0.2) is 0 Å². The fourth-order valence-corrected chi connectivity index (χ4v) is 2.79. The van der Waals surface area contributed by atoms with Crippen LogP contribution >= 0.6 is 27.5 Å². The van der Waals surface area contributed by atoms with E-state index >= 15 is 0 Å². The molecule has 0 saturated carbocycles. The molecule has 0 aliphatic rings. The lowest BCUT2D eigenvalue weighted by atomic mass is 10.0. The molecule has 1 N–H and O–H groups in total. The number of rotatable bonds is 6. The van der Waals surface area contributed by atoms with E-state index in [9.17, 15) is 0 Å². The van der Waals surface area contributed by atoms with Crippen LogP contribution in [0.5, 0.6) is 0 Å². The zero-order valence-corrected chi connectivity index (χ0v) is 14.1. The first-order valence-electron chi connectivity index (χ1n) is 6.76. The molecule has 0 saturated heterocycles. The molecule has 108 valence electrons. The van der Waals surface area contributed by atoms with Gasteiger partial charge in [-0.1, -0.05) is 24.6 Å². The molecule has 2 aromatic rings. The Labute approximate surface area is 133 Å². The molecule has 1 aromatic carbocycles. The highest BCUT2D eigenvalue weighted by Gasteiger charge is 2.13. The number of nitrogens with zero attached hydrogens (tertiary/aromatic N) is 2. The first kappa shape index (κ1) is 15.5. The van der Waals surface area contributed by atoms with Crippen LogP contribution in [0.4, 0.5) is 0 Å². The number of imidazole rings is 1. The number of halogens is 2. The van der Waals surface area contributed by atoms with Crippen molar-refractivity contribution in [2.24, 2.45) is 7.05 Å². The van der Waals surface area contributed by atoms with Gasteiger partial charge >= 0.3 is 0 Å². The number of aryl methyl sites for hydroxylation is 2. The van der Waals surface area contributed by atoms with Gasteiger partial charge in [0, 0.05) is 36.4 Å². The Bertz CT molecular complexity index is 568. The standard InChI is InChI=1S/C15H19BrClN3/c1-3-18-14(6-7-15-19-8-9-20(15)2)11-4-5-13(17)12(16)10-11/h4-5,8-10,14,18H,3,6-7H2,1-2H3. The third-order valence-corrected chi connectivity index (χ3v) is 4.59. The maximum atomic E-state index is 6.06. The first-order chi connectivity index (χ1) is 9.61. The Balaban J connectivity index is 2.10. The van der Waals surface area contributed by atoms with Crippen molar-refractivity contribution in [2.45, 2.75) is 25.8 Å². The van der Waals surface area contributed by atoms with Gasteiger partial charge in [-0.25, -0.2) is 4.98 Å². The summed E-state index contributed by atoms with van der Waals surface area (Å²) in [5, 5.41) is 4.27. The Morgan fingerprint density at radius 3 is 2.85 bits per heavy atom. The number of nitrogens with one attached hydrogen (secondary N) is 1. The van der Waals surface area contributed by atoms with E-state index in [-0.39, 0.29) is 0 Å². The lowest BCUT2D eigenvalue weighted by molar-refractivity contribution is 0.505. The average molecular weight is 357 g/mol. The molecule has 0 aliphatic carbocycles. The summed E-state index contributed by atoms with van der Waals surface area (Å²) in [6.07, 6.45) is 5.78. The van der Waals surface area contributed by atoms with E-state index in [0.29, 0.717) is 6.04 Å². The smallest absolute Gasteiger partial charge is 0.108 e. The molecule has 0 amide bonds. The zero-order valence-electron chi connectivity index (χ0n) is 11.7. The monoisotopic (exact) mass is 355 g/mol. The molecule has 0 spiro atoms. The van der Waals surface area contributed by atoms with E-state index in [1.54, 1.807) is 0 Å². The second kappa shape index (κ2) is 7.25. The van der Waals surface area contributed by atoms with Crippen LogP contribution in [0.1, 0.15) is 30.8 Å². The summed E-state index contributed by atoms with van der Waals surface area (Å²) in [5.41, 5.74) is 1.25. The number of hydrogen-bond donors (Lipinski definition) is 1. The minimum absolute atomic E-state index is 0.310. The molecular weight excluding hydrogens is 338 g/mol. The summed E-state index contributed by atoms with van der Waals surface area (Å²) < 4.78 is 3.01. The van der Waals surface area contributed by atoms with Gasteiger partial charge in [-0.15, -0.1) is 0 Å². The van der Waals surface area contributed by atoms with Gasteiger partial charge in [0.05, 0.1) is 5.02 Å². The van der Waals surface area contributed by atoms with Crippen molar-refractivity contribution in [3.8, 4) is 0 Å². The highest BCUT2D eigenvalue weighted by molar-refractivity contribution is 9.10. The van der Waals surface area contributed by atoms with Crippen LogP contribution in [0.3, 0.4) is 0 Å². The van der Waals surface area contributed by atoms with Crippen LogP contribution < -0.4 is 5.32 Å². The summed E-state index contributed by atoms with van der Waals surface area (Å²) in [5.74, 6) is 1.11. The molecule has 1 aromatic heterocycles. The van der Waals surface area contributed by atoms with Crippen LogP contribution in [0, 0.1) is 0 Å². The predicted octanol–water partition coefficient (Wildman–Crippen LogP) is 4.12. The van der Waals surface area contributed by atoms with E-state index in [0.717, 1.165) is 34.7 Å². The van der Waals surface area contributed by atoms with Crippen LogP contribution in [0.15, 0.2) is 35.1 Å². The van der Waals surface area contributed by atoms with Gasteiger partial charge in [0.1, 0.15) is 5.82 Å². The van der Waals surface area contributed by atoms with Gasteiger partial charge in [0.25, 0.3) is 0 Å². The van der Waals surface area contributed by atoms with Crippen LogP contribution in [0.2, 0.25) is 5.02 Å². The summed E-state index contributed by atoms with van der Waals surface area (Å²) in [6.45, 7) is 3.06. The van der Waals surface area contributed by atoms with Crippen molar-refractivity contribution < 1.29 is 0 Å². The predicted molar refractivity (Wildman–Crippen MR) is 87.1 cm³/mol. The molecule has 0 bridgehead atoms. The van der Waals surface area contributed by atoms with E-state index in [4.69, 9.17) is 11.6 Å². The van der Waals surface area contributed by atoms with E-state index < -0.39 is 0 Å². The summed E-state index contributed by atoms with van der Waals surface area (Å²) in [6, 6.07) is 6.42. The summed E-state index contributed by atoms with van der Waals surface area (Å²) in [7, 11) is 2.03. The highest BCUT2D eigenvalue weighted by atomic mass is 79.9. The average Bonchev–Trinajstić information content (AvgIpc) is 2.83. The van der Waals surface area contributed by atoms with Crippen molar-refractivity contribution in [3.05, 3.63) is 51.5 Å². The minimum atomic E-state index is 0.310. The molecule has 3 nitrogen and oxygen atoms in total. The lowest BCUT2D eigenvalue weighted by Crippen LogP contribution is -2.22. The molecule has 1 atom stereocenters. The molecule has 20 heavy (non-hydrogen) atoms. The Morgan fingerprint density at radius 1 is 1.45 bits per heavy atom. The van der Waals surface area contributed by atoms with Gasteiger partial charge < -0.3 is 9.88 Å². The van der Waals surface area contributed by atoms with Crippen molar-refractivity contribution in [3.63, 3.8) is 0 Å². The third kappa shape index (κ3) is 3.84. The quantitative estimate of drug-likeness (QED) is 0.844. The molecular formula is C15H19BrClN3. The van der Waals surface area contributed by atoms with Gasteiger partial charge in [-0.05, 0) is 46.6 Å².